The molecule has 2 heterocycles. The highest BCUT2D eigenvalue weighted by Gasteiger charge is 2.26. The molecule has 0 unspecified atom stereocenters. The molecule has 5 nitrogen and oxygen atoms in total. The number of piperazine rings is 1. The van der Waals surface area contributed by atoms with E-state index >= 15 is 0 Å². The number of nitrogens with zero attached hydrogens (tertiary/aromatic N) is 2. The van der Waals surface area contributed by atoms with Crippen molar-refractivity contribution in [2.45, 2.75) is 13.0 Å². The van der Waals surface area contributed by atoms with Crippen molar-refractivity contribution >= 4 is 29.9 Å². The summed E-state index contributed by atoms with van der Waals surface area (Å²) in [7, 11) is 0. The largest absolute Gasteiger partial charge is 0.355 e. The highest BCUT2D eigenvalue weighted by atomic mass is 35.5. The van der Waals surface area contributed by atoms with Gasteiger partial charge in [0, 0.05) is 42.3 Å². The monoisotopic (exact) mass is 341 g/mol. The SMILES string of the molecule is C[C@@H]1CNCCN1C(=O)c1cc(-c2cccc(Cl)c2)on1.Cl. The normalized spacial score (nSPS) is 17.9. The lowest BCUT2D eigenvalue weighted by molar-refractivity contribution is 0.0645. The standard InChI is InChI=1S/C15H16ClN3O2.ClH/c1-10-9-17-5-6-19(10)15(20)13-8-14(21-18-13)11-3-2-4-12(16)7-11;/h2-4,7-8,10,17H,5-6,9H2,1H3;1H/t10-;/m1./s1. The van der Waals surface area contributed by atoms with E-state index in [9.17, 15) is 4.79 Å². The van der Waals surface area contributed by atoms with Gasteiger partial charge in [0.05, 0.1) is 0 Å². The van der Waals surface area contributed by atoms with Crippen LogP contribution in [0.5, 0.6) is 0 Å². The minimum absolute atomic E-state index is 0. The molecule has 0 aliphatic carbocycles. The summed E-state index contributed by atoms with van der Waals surface area (Å²) < 4.78 is 5.28. The van der Waals surface area contributed by atoms with E-state index in [0.29, 0.717) is 23.0 Å². The topological polar surface area (TPSA) is 58.4 Å². The fourth-order valence-corrected chi connectivity index (χ4v) is 2.63. The summed E-state index contributed by atoms with van der Waals surface area (Å²) in [6.07, 6.45) is 0. The molecule has 0 saturated carbocycles. The molecule has 0 bridgehead atoms. The number of carbonyl (C=O) groups excluding carboxylic acids is 1. The molecule has 7 heteroatoms. The van der Waals surface area contributed by atoms with Crippen molar-refractivity contribution in [3.8, 4) is 11.3 Å². The number of amides is 1. The van der Waals surface area contributed by atoms with Crippen molar-refractivity contribution in [1.29, 1.82) is 0 Å². The summed E-state index contributed by atoms with van der Waals surface area (Å²) in [5.41, 5.74) is 1.14. The minimum Gasteiger partial charge on any atom is -0.355 e. The maximum atomic E-state index is 12.5. The fourth-order valence-electron chi connectivity index (χ4n) is 2.44. The summed E-state index contributed by atoms with van der Waals surface area (Å²) in [5.74, 6) is 0.449. The molecular formula is C15H17Cl2N3O2. The van der Waals surface area contributed by atoms with Crippen molar-refractivity contribution in [3.63, 3.8) is 0 Å². The highest BCUT2D eigenvalue weighted by Crippen LogP contribution is 2.24. The van der Waals surface area contributed by atoms with E-state index in [-0.39, 0.29) is 24.4 Å². The number of rotatable bonds is 2. The van der Waals surface area contributed by atoms with Gasteiger partial charge < -0.3 is 14.7 Å². The third kappa shape index (κ3) is 3.43. The molecule has 3 rings (SSSR count). The van der Waals surface area contributed by atoms with Crippen molar-refractivity contribution in [1.82, 2.24) is 15.4 Å². The first kappa shape index (κ1) is 16.8. The average Bonchev–Trinajstić information content (AvgIpc) is 2.97. The quantitative estimate of drug-likeness (QED) is 0.912. The van der Waals surface area contributed by atoms with Crippen LogP contribution in [0.1, 0.15) is 17.4 Å². The van der Waals surface area contributed by atoms with Gasteiger partial charge in [0.15, 0.2) is 11.5 Å². The third-order valence-corrected chi connectivity index (χ3v) is 3.84. The Hall–Kier alpha value is -1.56. The Kier molecular flexibility index (Phi) is 5.45. The van der Waals surface area contributed by atoms with E-state index in [0.717, 1.165) is 18.7 Å². The van der Waals surface area contributed by atoms with Gasteiger partial charge in [-0.25, -0.2) is 0 Å². The summed E-state index contributed by atoms with van der Waals surface area (Å²) in [5, 5.41) is 7.78. The minimum atomic E-state index is -0.0963. The van der Waals surface area contributed by atoms with Crippen LogP contribution in [0.3, 0.4) is 0 Å². The molecule has 1 atom stereocenters. The number of halogens is 2. The molecule has 1 saturated heterocycles. The molecule has 1 aromatic heterocycles. The smallest absolute Gasteiger partial charge is 0.276 e. The number of benzene rings is 1. The second-order valence-electron chi connectivity index (χ2n) is 5.14. The third-order valence-electron chi connectivity index (χ3n) is 3.60. The van der Waals surface area contributed by atoms with E-state index in [2.05, 4.69) is 10.5 Å². The van der Waals surface area contributed by atoms with Crippen LogP contribution in [0.4, 0.5) is 0 Å². The zero-order chi connectivity index (χ0) is 14.8. The van der Waals surface area contributed by atoms with Crippen molar-refractivity contribution in [3.05, 3.63) is 41.0 Å². The summed E-state index contributed by atoms with van der Waals surface area (Å²) in [4.78, 5) is 14.3. The first-order chi connectivity index (χ1) is 10.1. The number of hydrogen-bond acceptors (Lipinski definition) is 4. The van der Waals surface area contributed by atoms with E-state index in [1.54, 1.807) is 18.2 Å². The van der Waals surface area contributed by atoms with E-state index in [1.165, 1.54) is 0 Å². The maximum absolute atomic E-state index is 12.5. The maximum Gasteiger partial charge on any atom is 0.276 e. The molecule has 1 amide bonds. The Morgan fingerprint density at radius 2 is 2.27 bits per heavy atom. The van der Waals surface area contributed by atoms with Crippen LogP contribution < -0.4 is 5.32 Å². The molecule has 0 spiro atoms. The Bertz CT molecular complexity index is 660. The number of nitrogens with one attached hydrogen (secondary N) is 1. The molecule has 1 N–H and O–H groups in total. The molecule has 1 aliphatic rings. The van der Waals surface area contributed by atoms with Gasteiger partial charge in [0.1, 0.15) is 0 Å². The van der Waals surface area contributed by atoms with Gasteiger partial charge in [-0.15, -0.1) is 12.4 Å². The first-order valence-electron chi connectivity index (χ1n) is 6.89. The lowest BCUT2D eigenvalue weighted by Gasteiger charge is -2.33. The van der Waals surface area contributed by atoms with Crippen LogP contribution in [0.2, 0.25) is 5.02 Å². The Morgan fingerprint density at radius 1 is 1.45 bits per heavy atom. The predicted molar refractivity (Wildman–Crippen MR) is 87.6 cm³/mol. The van der Waals surface area contributed by atoms with Gasteiger partial charge in [-0.2, -0.15) is 0 Å². The molecule has 22 heavy (non-hydrogen) atoms. The van der Waals surface area contributed by atoms with Crippen molar-refractivity contribution < 1.29 is 9.32 Å². The summed E-state index contributed by atoms with van der Waals surface area (Å²) >= 11 is 5.96. The van der Waals surface area contributed by atoms with Crippen LogP contribution in [0, 0.1) is 0 Å². The van der Waals surface area contributed by atoms with Gasteiger partial charge in [-0.05, 0) is 19.1 Å². The van der Waals surface area contributed by atoms with Gasteiger partial charge >= 0.3 is 0 Å². The lowest BCUT2D eigenvalue weighted by atomic mass is 10.1. The first-order valence-corrected chi connectivity index (χ1v) is 7.27. The zero-order valence-electron chi connectivity index (χ0n) is 12.1. The molecule has 2 aromatic rings. The average molecular weight is 342 g/mol. The lowest BCUT2D eigenvalue weighted by Crippen LogP contribution is -2.52. The van der Waals surface area contributed by atoms with Gasteiger partial charge in [-0.1, -0.05) is 28.9 Å². The zero-order valence-corrected chi connectivity index (χ0v) is 13.7. The van der Waals surface area contributed by atoms with Crippen LogP contribution >= 0.6 is 24.0 Å². The predicted octanol–water partition coefficient (Wildman–Crippen LogP) is 2.85. The summed E-state index contributed by atoms with van der Waals surface area (Å²) in [6, 6.07) is 9.09. The Labute approximate surface area is 140 Å². The van der Waals surface area contributed by atoms with Gasteiger partial charge in [-0.3, -0.25) is 4.79 Å². The van der Waals surface area contributed by atoms with Crippen LogP contribution in [-0.2, 0) is 0 Å². The van der Waals surface area contributed by atoms with Crippen molar-refractivity contribution in [2.75, 3.05) is 19.6 Å². The van der Waals surface area contributed by atoms with E-state index in [4.69, 9.17) is 16.1 Å². The van der Waals surface area contributed by atoms with E-state index in [1.807, 2.05) is 24.0 Å². The number of hydrogen-bond donors (Lipinski definition) is 1. The van der Waals surface area contributed by atoms with Crippen molar-refractivity contribution in [2.24, 2.45) is 0 Å². The van der Waals surface area contributed by atoms with Gasteiger partial charge in [0.2, 0.25) is 0 Å². The number of aromatic nitrogens is 1. The molecule has 1 aliphatic heterocycles. The molecule has 118 valence electrons. The molecule has 0 radical (unpaired) electrons. The molecule has 1 fully saturated rings. The van der Waals surface area contributed by atoms with Crippen LogP contribution in [0.25, 0.3) is 11.3 Å². The number of carbonyl (C=O) groups is 1. The second kappa shape index (κ2) is 7.13. The Balaban J connectivity index is 0.00000176. The van der Waals surface area contributed by atoms with Crippen LogP contribution in [-0.4, -0.2) is 41.6 Å². The highest BCUT2D eigenvalue weighted by molar-refractivity contribution is 6.30. The summed E-state index contributed by atoms with van der Waals surface area (Å²) in [6.45, 7) is 4.29. The van der Waals surface area contributed by atoms with Gasteiger partial charge in [0.25, 0.3) is 5.91 Å². The second-order valence-corrected chi connectivity index (χ2v) is 5.57. The van der Waals surface area contributed by atoms with Crippen LogP contribution in [0.15, 0.2) is 34.9 Å². The molecular weight excluding hydrogens is 325 g/mol. The Morgan fingerprint density at radius 3 is 3.00 bits per heavy atom. The van der Waals surface area contributed by atoms with E-state index < -0.39 is 0 Å². The molecule has 1 aromatic carbocycles. The fraction of sp³-hybridized carbons (Fsp3) is 0.333.